The minimum Gasteiger partial charge on any atom is -0.324 e. The third-order valence-electron chi connectivity index (χ3n) is 2.97. The third-order valence-corrected chi connectivity index (χ3v) is 4.76. The molecule has 2 rings (SSSR count). The molecule has 0 saturated heterocycles. The van der Waals surface area contributed by atoms with E-state index in [9.17, 15) is 8.42 Å². The highest BCUT2D eigenvalue weighted by atomic mass is 32.2. The Kier molecular flexibility index (Phi) is 3.87. The van der Waals surface area contributed by atoms with Gasteiger partial charge in [0.2, 0.25) is 9.84 Å². The highest BCUT2D eigenvalue weighted by molar-refractivity contribution is 7.91. The zero-order chi connectivity index (χ0) is 13.9. The molecule has 3 N–H and O–H groups in total. The summed E-state index contributed by atoms with van der Waals surface area (Å²) < 4.78 is 24.8. The van der Waals surface area contributed by atoms with E-state index in [-0.39, 0.29) is 4.90 Å². The number of nitrogen functional groups attached to an aromatic ring is 1. The molecule has 0 atom stereocenters. The van der Waals surface area contributed by atoms with Gasteiger partial charge in [-0.15, -0.1) is 0 Å². The fourth-order valence-corrected chi connectivity index (χ4v) is 3.03. The number of anilines is 1. The van der Waals surface area contributed by atoms with E-state index in [1.807, 2.05) is 19.1 Å². The standard InChI is InChI=1S/C14H16N2O2S/c1-2-11-3-7-13(8-4-11)19(17,18)14-9-5-12(16-15)6-10-14/h3-10,16H,2,15H2,1H3. The van der Waals surface area contributed by atoms with Gasteiger partial charge in [0.25, 0.3) is 0 Å². The van der Waals surface area contributed by atoms with Crippen LogP contribution in [0.4, 0.5) is 5.69 Å². The maximum absolute atomic E-state index is 12.4. The van der Waals surface area contributed by atoms with E-state index in [1.165, 1.54) is 12.1 Å². The maximum Gasteiger partial charge on any atom is 0.206 e. The minimum absolute atomic E-state index is 0.260. The summed E-state index contributed by atoms with van der Waals surface area (Å²) in [6, 6.07) is 13.3. The van der Waals surface area contributed by atoms with Crippen molar-refractivity contribution in [1.82, 2.24) is 0 Å². The molecule has 0 aliphatic rings. The van der Waals surface area contributed by atoms with Crippen molar-refractivity contribution in [2.24, 2.45) is 5.84 Å². The Balaban J connectivity index is 2.39. The predicted molar refractivity (Wildman–Crippen MR) is 75.5 cm³/mol. The molecule has 5 heteroatoms. The van der Waals surface area contributed by atoms with Crippen LogP contribution in [-0.4, -0.2) is 8.42 Å². The number of sulfone groups is 1. The van der Waals surface area contributed by atoms with Crippen molar-refractivity contribution in [3.05, 3.63) is 54.1 Å². The molecule has 0 aliphatic carbocycles. The van der Waals surface area contributed by atoms with Gasteiger partial charge in [-0.25, -0.2) is 8.42 Å². The summed E-state index contributed by atoms with van der Waals surface area (Å²) >= 11 is 0. The van der Waals surface area contributed by atoms with E-state index in [0.29, 0.717) is 10.6 Å². The van der Waals surface area contributed by atoms with Gasteiger partial charge in [0.15, 0.2) is 0 Å². The minimum atomic E-state index is -3.46. The topological polar surface area (TPSA) is 72.2 Å². The van der Waals surface area contributed by atoms with Crippen LogP contribution in [0, 0.1) is 0 Å². The fourth-order valence-electron chi connectivity index (χ4n) is 1.77. The maximum atomic E-state index is 12.4. The second kappa shape index (κ2) is 5.42. The van der Waals surface area contributed by atoms with Crippen LogP contribution in [0.25, 0.3) is 0 Å². The van der Waals surface area contributed by atoms with E-state index in [2.05, 4.69) is 5.43 Å². The van der Waals surface area contributed by atoms with Crippen molar-refractivity contribution in [2.75, 3.05) is 5.43 Å². The summed E-state index contributed by atoms with van der Waals surface area (Å²) in [6.07, 6.45) is 0.886. The van der Waals surface area contributed by atoms with Crippen LogP contribution in [-0.2, 0) is 16.3 Å². The molecule has 0 radical (unpaired) electrons. The van der Waals surface area contributed by atoms with Crippen molar-refractivity contribution in [3.63, 3.8) is 0 Å². The molecular weight excluding hydrogens is 260 g/mol. The van der Waals surface area contributed by atoms with Crippen LogP contribution in [0.1, 0.15) is 12.5 Å². The Morgan fingerprint density at radius 1 is 0.947 bits per heavy atom. The molecule has 4 nitrogen and oxygen atoms in total. The average Bonchev–Trinajstić information content (AvgIpc) is 2.47. The molecule has 19 heavy (non-hydrogen) atoms. The monoisotopic (exact) mass is 276 g/mol. The molecule has 0 heterocycles. The fraction of sp³-hybridized carbons (Fsp3) is 0.143. The molecule has 0 unspecified atom stereocenters. The highest BCUT2D eigenvalue weighted by Crippen LogP contribution is 2.22. The first-order valence-electron chi connectivity index (χ1n) is 5.98. The first-order chi connectivity index (χ1) is 9.07. The Bertz CT molecular complexity index is 593. The van der Waals surface area contributed by atoms with Gasteiger partial charge in [-0.1, -0.05) is 19.1 Å². The molecule has 0 fully saturated rings. The summed E-state index contributed by atoms with van der Waals surface area (Å²) in [5.41, 5.74) is 4.25. The second-order valence-corrected chi connectivity index (χ2v) is 6.12. The van der Waals surface area contributed by atoms with E-state index in [1.54, 1.807) is 24.3 Å². The van der Waals surface area contributed by atoms with Crippen LogP contribution in [0.2, 0.25) is 0 Å². The van der Waals surface area contributed by atoms with Gasteiger partial charge in [0.1, 0.15) is 0 Å². The van der Waals surface area contributed by atoms with Gasteiger partial charge in [-0.05, 0) is 48.4 Å². The van der Waals surface area contributed by atoms with E-state index < -0.39 is 9.84 Å². The molecule has 0 amide bonds. The summed E-state index contributed by atoms with van der Waals surface area (Å²) in [7, 11) is -3.46. The number of hydrazine groups is 1. The molecule has 2 aromatic carbocycles. The molecule has 0 bridgehead atoms. The summed E-state index contributed by atoms with van der Waals surface area (Å²) in [4.78, 5) is 0.564. The number of aryl methyl sites for hydroxylation is 1. The summed E-state index contributed by atoms with van der Waals surface area (Å²) in [5, 5.41) is 0. The van der Waals surface area contributed by atoms with Gasteiger partial charge in [0.05, 0.1) is 9.79 Å². The normalized spacial score (nSPS) is 11.3. The number of rotatable bonds is 4. The lowest BCUT2D eigenvalue weighted by atomic mass is 10.2. The van der Waals surface area contributed by atoms with Gasteiger partial charge >= 0.3 is 0 Å². The Labute approximate surface area is 113 Å². The lowest BCUT2D eigenvalue weighted by molar-refractivity contribution is 0.596. The van der Waals surface area contributed by atoms with Crippen LogP contribution in [0.3, 0.4) is 0 Å². The number of nitrogens with one attached hydrogen (secondary N) is 1. The Hall–Kier alpha value is -1.85. The van der Waals surface area contributed by atoms with Crippen molar-refractivity contribution in [1.29, 1.82) is 0 Å². The lowest BCUT2D eigenvalue weighted by Crippen LogP contribution is -2.07. The molecule has 0 spiro atoms. The second-order valence-electron chi connectivity index (χ2n) is 4.17. The van der Waals surface area contributed by atoms with Crippen LogP contribution in [0.15, 0.2) is 58.3 Å². The van der Waals surface area contributed by atoms with Crippen molar-refractivity contribution in [2.45, 2.75) is 23.1 Å². The van der Waals surface area contributed by atoms with Crippen molar-refractivity contribution < 1.29 is 8.42 Å². The number of nitrogens with two attached hydrogens (primary N) is 1. The first-order valence-corrected chi connectivity index (χ1v) is 7.47. The van der Waals surface area contributed by atoms with Gasteiger partial charge in [0, 0.05) is 5.69 Å². The Morgan fingerprint density at radius 3 is 1.84 bits per heavy atom. The quantitative estimate of drug-likeness (QED) is 0.664. The zero-order valence-electron chi connectivity index (χ0n) is 10.6. The molecule has 0 aromatic heterocycles. The van der Waals surface area contributed by atoms with E-state index in [0.717, 1.165) is 12.0 Å². The average molecular weight is 276 g/mol. The first kappa shape index (κ1) is 13.6. The van der Waals surface area contributed by atoms with Crippen LogP contribution in [0.5, 0.6) is 0 Å². The number of hydrogen-bond donors (Lipinski definition) is 2. The van der Waals surface area contributed by atoms with E-state index >= 15 is 0 Å². The van der Waals surface area contributed by atoms with Crippen LogP contribution >= 0.6 is 0 Å². The van der Waals surface area contributed by atoms with Crippen molar-refractivity contribution in [3.8, 4) is 0 Å². The van der Waals surface area contributed by atoms with Crippen LogP contribution < -0.4 is 11.3 Å². The zero-order valence-corrected chi connectivity index (χ0v) is 11.4. The predicted octanol–water partition coefficient (Wildman–Crippen LogP) is 2.37. The van der Waals surface area contributed by atoms with Crippen molar-refractivity contribution >= 4 is 15.5 Å². The Morgan fingerprint density at radius 2 is 1.42 bits per heavy atom. The molecule has 0 aliphatic heterocycles. The van der Waals surface area contributed by atoms with Gasteiger partial charge in [-0.3, -0.25) is 5.84 Å². The third kappa shape index (κ3) is 2.77. The summed E-state index contributed by atoms with van der Waals surface area (Å²) in [5.74, 6) is 5.25. The number of benzene rings is 2. The highest BCUT2D eigenvalue weighted by Gasteiger charge is 2.17. The smallest absolute Gasteiger partial charge is 0.206 e. The van der Waals surface area contributed by atoms with E-state index in [4.69, 9.17) is 5.84 Å². The SMILES string of the molecule is CCc1ccc(S(=O)(=O)c2ccc(NN)cc2)cc1. The molecule has 100 valence electrons. The lowest BCUT2D eigenvalue weighted by Gasteiger charge is -2.06. The number of hydrogen-bond acceptors (Lipinski definition) is 4. The molecule has 0 saturated carbocycles. The molecule has 2 aromatic rings. The molecular formula is C14H16N2O2S. The summed E-state index contributed by atoms with van der Waals surface area (Å²) in [6.45, 7) is 2.03. The largest absolute Gasteiger partial charge is 0.324 e. The van der Waals surface area contributed by atoms with Gasteiger partial charge < -0.3 is 5.43 Å². The van der Waals surface area contributed by atoms with Gasteiger partial charge in [-0.2, -0.15) is 0 Å².